The third kappa shape index (κ3) is 1.67. The number of methoxy groups -OCH3 is 1. The molecule has 0 fully saturated rings. The number of carbonyl (C=O) groups is 2. The van der Waals surface area contributed by atoms with Crippen LogP contribution in [0.2, 0.25) is 0 Å². The quantitative estimate of drug-likeness (QED) is 0.803. The molecule has 0 N–H and O–H groups in total. The van der Waals surface area contributed by atoms with Crippen LogP contribution < -0.4 is 4.74 Å². The number of fused-ring (bicyclic) bond motifs is 1. The van der Waals surface area contributed by atoms with Crippen LogP contribution in [0.4, 0.5) is 0 Å². The summed E-state index contributed by atoms with van der Waals surface area (Å²) < 4.78 is 5.20. The maximum Gasteiger partial charge on any atom is 0.194 e. The minimum Gasteiger partial charge on any atom is -0.496 e. The van der Waals surface area contributed by atoms with E-state index in [1.807, 2.05) is 13.8 Å². The highest BCUT2D eigenvalue weighted by Crippen LogP contribution is 2.34. The second-order valence-corrected chi connectivity index (χ2v) is 4.73. The SMILES string of the molecule is COc1cccc2c1C(=O)C(C(C)C)=C(C)C2=O. The van der Waals surface area contributed by atoms with Crippen molar-refractivity contribution < 1.29 is 14.3 Å². The van der Waals surface area contributed by atoms with Crippen molar-refractivity contribution in [3.63, 3.8) is 0 Å². The molecule has 1 aromatic rings. The molecule has 94 valence electrons. The van der Waals surface area contributed by atoms with Gasteiger partial charge in [-0.25, -0.2) is 0 Å². The molecule has 0 aliphatic heterocycles. The summed E-state index contributed by atoms with van der Waals surface area (Å²) in [6, 6.07) is 5.12. The number of hydrogen-bond acceptors (Lipinski definition) is 3. The lowest BCUT2D eigenvalue weighted by atomic mass is 9.80. The van der Waals surface area contributed by atoms with E-state index in [9.17, 15) is 9.59 Å². The fraction of sp³-hybridized carbons (Fsp3) is 0.333. The minimum absolute atomic E-state index is 0.0273. The zero-order valence-corrected chi connectivity index (χ0v) is 11.0. The molecule has 0 saturated carbocycles. The largest absolute Gasteiger partial charge is 0.496 e. The maximum absolute atomic E-state index is 12.5. The van der Waals surface area contributed by atoms with Crippen molar-refractivity contribution >= 4 is 11.6 Å². The van der Waals surface area contributed by atoms with Gasteiger partial charge in [-0.1, -0.05) is 26.0 Å². The highest BCUT2D eigenvalue weighted by molar-refractivity contribution is 6.27. The van der Waals surface area contributed by atoms with Crippen molar-refractivity contribution in [1.29, 1.82) is 0 Å². The van der Waals surface area contributed by atoms with E-state index in [0.29, 0.717) is 28.0 Å². The molecule has 3 nitrogen and oxygen atoms in total. The van der Waals surface area contributed by atoms with Gasteiger partial charge in [0.05, 0.1) is 12.7 Å². The van der Waals surface area contributed by atoms with Crippen molar-refractivity contribution in [2.45, 2.75) is 20.8 Å². The first kappa shape index (κ1) is 12.6. The van der Waals surface area contributed by atoms with E-state index in [-0.39, 0.29) is 17.5 Å². The predicted molar refractivity (Wildman–Crippen MR) is 69.2 cm³/mol. The summed E-state index contributed by atoms with van der Waals surface area (Å²) in [5.74, 6) is 0.331. The normalized spacial score (nSPS) is 15.2. The number of hydrogen-bond donors (Lipinski definition) is 0. The molecule has 1 aromatic carbocycles. The van der Waals surface area contributed by atoms with E-state index < -0.39 is 0 Å². The average molecular weight is 244 g/mol. The predicted octanol–water partition coefficient (Wildman–Crippen LogP) is 3.05. The second-order valence-electron chi connectivity index (χ2n) is 4.73. The van der Waals surface area contributed by atoms with E-state index in [4.69, 9.17) is 4.74 Å². The molecule has 0 saturated heterocycles. The molecule has 0 amide bonds. The summed E-state index contributed by atoms with van der Waals surface area (Å²) in [4.78, 5) is 24.8. The van der Waals surface area contributed by atoms with Gasteiger partial charge in [-0.15, -0.1) is 0 Å². The lowest BCUT2D eigenvalue weighted by Gasteiger charge is -2.22. The molecule has 0 bridgehead atoms. The first-order valence-corrected chi connectivity index (χ1v) is 5.96. The van der Waals surface area contributed by atoms with Crippen molar-refractivity contribution in [3.05, 3.63) is 40.5 Å². The number of allylic oxidation sites excluding steroid dienone is 2. The smallest absolute Gasteiger partial charge is 0.194 e. The Kier molecular flexibility index (Phi) is 3.07. The molecule has 0 heterocycles. The molecule has 2 rings (SSSR count). The van der Waals surface area contributed by atoms with Crippen LogP contribution in [0.3, 0.4) is 0 Å². The van der Waals surface area contributed by atoms with Gasteiger partial charge < -0.3 is 4.74 Å². The van der Waals surface area contributed by atoms with Crippen LogP contribution in [0, 0.1) is 5.92 Å². The van der Waals surface area contributed by atoms with Crippen LogP contribution in [-0.2, 0) is 0 Å². The summed E-state index contributed by atoms with van der Waals surface area (Å²) in [6.45, 7) is 5.56. The third-order valence-electron chi connectivity index (χ3n) is 3.28. The van der Waals surface area contributed by atoms with Crippen LogP contribution in [0.1, 0.15) is 41.5 Å². The highest BCUT2D eigenvalue weighted by Gasteiger charge is 2.33. The Balaban J connectivity index is 2.73. The topological polar surface area (TPSA) is 43.4 Å². The number of ether oxygens (including phenoxy) is 1. The molecular weight excluding hydrogens is 228 g/mol. The van der Waals surface area contributed by atoms with Gasteiger partial charge in [0.1, 0.15) is 5.75 Å². The average Bonchev–Trinajstić information content (AvgIpc) is 2.34. The van der Waals surface area contributed by atoms with Gasteiger partial charge in [-0.3, -0.25) is 9.59 Å². The van der Waals surface area contributed by atoms with E-state index in [0.717, 1.165) is 0 Å². The van der Waals surface area contributed by atoms with E-state index in [1.165, 1.54) is 7.11 Å². The molecule has 1 aliphatic carbocycles. The first-order valence-electron chi connectivity index (χ1n) is 5.96. The van der Waals surface area contributed by atoms with Crippen LogP contribution in [0.25, 0.3) is 0 Å². The monoisotopic (exact) mass is 244 g/mol. The second kappa shape index (κ2) is 4.41. The van der Waals surface area contributed by atoms with Crippen LogP contribution in [0.15, 0.2) is 29.3 Å². The molecule has 0 atom stereocenters. The molecule has 0 radical (unpaired) electrons. The van der Waals surface area contributed by atoms with Gasteiger partial charge in [0.25, 0.3) is 0 Å². The van der Waals surface area contributed by atoms with Crippen molar-refractivity contribution in [3.8, 4) is 5.75 Å². The fourth-order valence-corrected chi connectivity index (χ4v) is 2.45. The summed E-state index contributed by atoms with van der Waals surface area (Å²) in [7, 11) is 1.51. The van der Waals surface area contributed by atoms with Gasteiger partial charge in [0.15, 0.2) is 11.6 Å². The molecule has 18 heavy (non-hydrogen) atoms. The van der Waals surface area contributed by atoms with E-state index in [2.05, 4.69) is 0 Å². The number of ketones is 2. The Bertz CT molecular complexity index is 565. The Hall–Kier alpha value is -1.90. The standard InChI is InChI=1S/C15H16O3/c1-8(2)12-9(3)14(16)10-6-5-7-11(18-4)13(10)15(12)17/h5-8H,1-4H3. The summed E-state index contributed by atoms with van der Waals surface area (Å²) in [6.07, 6.45) is 0. The summed E-state index contributed by atoms with van der Waals surface area (Å²) in [5, 5.41) is 0. The van der Waals surface area contributed by atoms with Gasteiger partial charge in [0.2, 0.25) is 0 Å². The Morgan fingerprint density at radius 2 is 1.78 bits per heavy atom. The molecule has 0 unspecified atom stereocenters. The Labute approximate surface area is 106 Å². The number of Topliss-reactive ketones (excluding diaryl/α,β-unsaturated/α-hetero) is 2. The number of benzene rings is 1. The van der Waals surface area contributed by atoms with Crippen LogP contribution in [0.5, 0.6) is 5.75 Å². The molecule has 3 heteroatoms. The van der Waals surface area contributed by atoms with Crippen molar-refractivity contribution in [2.75, 3.05) is 7.11 Å². The first-order chi connectivity index (χ1) is 8.49. The zero-order valence-electron chi connectivity index (χ0n) is 11.0. The Morgan fingerprint density at radius 1 is 1.11 bits per heavy atom. The number of carbonyl (C=O) groups excluding carboxylic acids is 2. The van der Waals surface area contributed by atoms with Gasteiger partial charge in [-0.05, 0) is 18.9 Å². The molecule has 0 aromatic heterocycles. The molecule has 0 spiro atoms. The van der Waals surface area contributed by atoms with Gasteiger partial charge in [0, 0.05) is 16.7 Å². The van der Waals surface area contributed by atoms with Gasteiger partial charge >= 0.3 is 0 Å². The lowest BCUT2D eigenvalue weighted by Crippen LogP contribution is -2.24. The van der Waals surface area contributed by atoms with Crippen molar-refractivity contribution in [2.24, 2.45) is 5.92 Å². The maximum atomic E-state index is 12.5. The lowest BCUT2D eigenvalue weighted by molar-refractivity contribution is 0.0964. The van der Waals surface area contributed by atoms with E-state index in [1.54, 1.807) is 25.1 Å². The highest BCUT2D eigenvalue weighted by atomic mass is 16.5. The Morgan fingerprint density at radius 3 is 2.33 bits per heavy atom. The molecular formula is C15H16O3. The number of rotatable bonds is 2. The minimum atomic E-state index is -0.0884. The summed E-state index contributed by atoms with van der Waals surface area (Å²) >= 11 is 0. The van der Waals surface area contributed by atoms with Crippen LogP contribution >= 0.6 is 0 Å². The zero-order chi connectivity index (χ0) is 13.4. The van der Waals surface area contributed by atoms with E-state index >= 15 is 0 Å². The van der Waals surface area contributed by atoms with Gasteiger partial charge in [-0.2, -0.15) is 0 Å². The third-order valence-corrected chi connectivity index (χ3v) is 3.28. The summed E-state index contributed by atoms with van der Waals surface area (Å²) in [5.41, 5.74) is 1.99. The van der Waals surface area contributed by atoms with Crippen LogP contribution in [-0.4, -0.2) is 18.7 Å². The molecule has 1 aliphatic rings. The van der Waals surface area contributed by atoms with Crippen molar-refractivity contribution in [1.82, 2.24) is 0 Å². The fourth-order valence-electron chi connectivity index (χ4n) is 2.45.